The molecule has 250 valence electrons. The zero-order chi connectivity index (χ0) is 33.2. The maximum atomic E-state index is 3.65. The van der Waals surface area contributed by atoms with Crippen LogP contribution in [0.1, 0.15) is 75.3 Å². The average molecular weight is 761 g/mol. The maximum absolute atomic E-state index is 3.65. The van der Waals surface area contributed by atoms with Crippen molar-refractivity contribution in [3.05, 3.63) is 173 Å². The van der Waals surface area contributed by atoms with E-state index in [2.05, 4.69) is 174 Å². The molecule has 1 aliphatic rings. The third-order valence-corrected chi connectivity index (χ3v) is 9.40. The normalized spacial score (nSPS) is 10.9. The minimum atomic E-state index is 0. The van der Waals surface area contributed by atoms with E-state index in [1.165, 1.54) is 108 Å². The number of halogens is 2. The van der Waals surface area contributed by atoms with Crippen molar-refractivity contribution in [1.29, 1.82) is 0 Å². The quantitative estimate of drug-likeness (QED) is 0.177. The van der Waals surface area contributed by atoms with Crippen molar-refractivity contribution in [2.45, 2.75) is 65.7 Å². The summed E-state index contributed by atoms with van der Waals surface area (Å²) < 4.78 is 1.46. The summed E-state index contributed by atoms with van der Waals surface area (Å²) in [5.41, 5.74) is 15.0. The zero-order valence-corrected chi connectivity index (χ0v) is 33.3. The Hall–Kier alpha value is -3.22. The molecule has 0 atom stereocenters. The van der Waals surface area contributed by atoms with Gasteiger partial charge in [-0.1, -0.05) is 148 Å². The second kappa shape index (κ2) is 19.2. The number of benzene rings is 5. The second-order valence-corrected chi connectivity index (χ2v) is 15.2. The van der Waals surface area contributed by atoms with Crippen molar-refractivity contribution >= 4 is 3.21 Å². The summed E-state index contributed by atoms with van der Waals surface area (Å²) >= 11 is 1.51. The monoisotopic (exact) mass is 758 g/mol. The van der Waals surface area contributed by atoms with E-state index >= 15 is 0 Å². The fourth-order valence-corrected chi connectivity index (χ4v) is 6.31. The number of aryl methyl sites for hydroxylation is 1. The molecule has 0 aliphatic heterocycles. The molecule has 0 N–H and O–H groups in total. The van der Waals surface area contributed by atoms with Gasteiger partial charge in [-0.15, -0.1) is 29.3 Å². The molecular weight excluding hydrogens is 715 g/mol. The summed E-state index contributed by atoms with van der Waals surface area (Å²) in [5.74, 6) is 0. The van der Waals surface area contributed by atoms with Crippen LogP contribution in [-0.2, 0) is 42.5 Å². The number of hydrogen-bond acceptors (Lipinski definition) is 0. The summed E-state index contributed by atoms with van der Waals surface area (Å²) in [6, 6.07) is 53.4. The van der Waals surface area contributed by atoms with Crippen molar-refractivity contribution < 1.29 is 49.0 Å². The number of hydrogen-bond donors (Lipinski definition) is 0. The molecule has 0 spiro atoms. The summed E-state index contributed by atoms with van der Waals surface area (Å²) in [4.78, 5) is 0. The van der Waals surface area contributed by atoms with E-state index in [9.17, 15) is 0 Å². The van der Waals surface area contributed by atoms with Crippen LogP contribution in [-0.4, -0.2) is 3.21 Å². The molecule has 0 saturated carbocycles. The van der Waals surface area contributed by atoms with Crippen molar-refractivity contribution in [3.63, 3.8) is 0 Å². The molecular formula is C46H46Cl2Zr-2. The Morgan fingerprint density at radius 3 is 1.86 bits per heavy atom. The molecule has 0 nitrogen and oxygen atoms in total. The van der Waals surface area contributed by atoms with Crippen molar-refractivity contribution in [1.82, 2.24) is 0 Å². The van der Waals surface area contributed by atoms with Crippen LogP contribution in [0.15, 0.2) is 140 Å². The Morgan fingerprint density at radius 2 is 1.31 bits per heavy atom. The van der Waals surface area contributed by atoms with E-state index in [1.54, 1.807) is 0 Å². The molecule has 0 amide bonds. The molecule has 0 fully saturated rings. The number of rotatable bonds is 6. The predicted molar refractivity (Wildman–Crippen MR) is 200 cm³/mol. The topological polar surface area (TPSA) is 0 Å². The Kier molecular flexibility index (Phi) is 15.8. The van der Waals surface area contributed by atoms with Crippen LogP contribution < -0.4 is 24.8 Å². The molecule has 6 aromatic rings. The van der Waals surface area contributed by atoms with Gasteiger partial charge in [0.05, 0.1) is 0 Å². The average Bonchev–Trinajstić information content (AvgIpc) is 3.74. The Balaban J connectivity index is 0.000000229. The van der Waals surface area contributed by atoms with Gasteiger partial charge in [0.15, 0.2) is 0 Å². The fraction of sp³-hybridized carbons (Fsp3) is 0.217. The minimum Gasteiger partial charge on any atom is -1.00 e. The smallest absolute Gasteiger partial charge is 0.0181 e. The van der Waals surface area contributed by atoms with E-state index in [0.29, 0.717) is 5.41 Å². The molecule has 7 rings (SSSR count). The first kappa shape index (κ1) is 40.2. The van der Waals surface area contributed by atoms with Gasteiger partial charge in [-0.25, -0.2) is 6.07 Å². The molecule has 0 radical (unpaired) electrons. The third-order valence-electron chi connectivity index (χ3n) is 8.69. The molecule has 0 heterocycles. The molecule has 0 bridgehead atoms. The van der Waals surface area contributed by atoms with Crippen LogP contribution in [0, 0.1) is 6.07 Å². The van der Waals surface area contributed by atoms with Gasteiger partial charge in [0.2, 0.25) is 0 Å². The first-order chi connectivity index (χ1) is 22.7. The molecule has 0 unspecified atom stereocenters. The third kappa shape index (κ3) is 11.1. The van der Waals surface area contributed by atoms with Gasteiger partial charge in [-0.3, -0.25) is 0 Å². The van der Waals surface area contributed by atoms with Gasteiger partial charge in [0, 0.05) is 0 Å². The van der Waals surface area contributed by atoms with E-state index in [0.717, 1.165) is 6.42 Å². The van der Waals surface area contributed by atoms with E-state index in [-0.39, 0.29) is 24.8 Å². The Labute approximate surface area is 322 Å². The van der Waals surface area contributed by atoms with Crippen molar-refractivity contribution in [2.75, 3.05) is 0 Å². The van der Waals surface area contributed by atoms with Gasteiger partial charge in [-0.2, -0.15) is 23.3 Å². The zero-order valence-electron chi connectivity index (χ0n) is 29.4. The van der Waals surface area contributed by atoms with Gasteiger partial charge in [0.1, 0.15) is 0 Å². The van der Waals surface area contributed by atoms with Crippen LogP contribution in [0.3, 0.4) is 0 Å². The van der Waals surface area contributed by atoms with Crippen LogP contribution in [0.5, 0.6) is 0 Å². The number of fused-ring (bicyclic) bond motifs is 3. The van der Waals surface area contributed by atoms with E-state index < -0.39 is 0 Å². The SMILES string of the molecule is CCCCc1cc(C(C)(C)C)c[cH-]1.C[C](=[Zr+2])c1ccccc1.[Cl-].[Cl-].[c-]1c(-c2ccccc2)ccc2c1Cc1cc(-c3ccccc3)ccc1-2. The van der Waals surface area contributed by atoms with Crippen molar-refractivity contribution in [3.8, 4) is 33.4 Å². The number of unbranched alkanes of at least 4 members (excludes halogenated alkanes) is 1. The van der Waals surface area contributed by atoms with Crippen molar-refractivity contribution in [2.24, 2.45) is 0 Å². The molecule has 1 aliphatic carbocycles. The van der Waals surface area contributed by atoms with Gasteiger partial charge in [-0.05, 0) is 23.1 Å². The van der Waals surface area contributed by atoms with Crippen LogP contribution in [0.2, 0.25) is 0 Å². The Bertz CT molecular complexity index is 1790. The Morgan fingerprint density at radius 1 is 0.714 bits per heavy atom. The molecule has 3 heteroatoms. The van der Waals surface area contributed by atoms with Crippen LogP contribution >= 0.6 is 0 Å². The molecule has 6 aromatic carbocycles. The largest absolute Gasteiger partial charge is 1.00 e. The molecule has 49 heavy (non-hydrogen) atoms. The first-order valence-electron chi connectivity index (χ1n) is 16.9. The summed E-state index contributed by atoms with van der Waals surface area (Å²) in [7, 11) is 0. The maximum Gasteiger partial charge on any atom is -0.0181 e. The predicted octanol–water partition coefficient (Wildman–Crippen LogP) is 6.22. The van der Waals surface area contributed by atoms with Gasteiger partial charge < -0.3 is 24.8 Å². The second-order valence-electron chi connectivity index (χ2n) is 13.4. The fourth-order valence-electron chi connectivity index (χ4n) is 5.90. The van der Waals surface area contributed by atoms with Gasteiger partial charge >= 0.3 is 70.3 Å². The molecule has 0 saturated heterocycles. The minimum absolute atomic E-state index is 0. The van der Waals surface area contributed by atoms with Crippen LogP contribution in [0.4, 0.5) is 0 Å². The standard InChI is InChI=1S/C25H17.C13H21.C8H8.2ClH.Zr/c1-3-7-18(8-4-1)20-11-13-24-22(15-20)17-23-16-21(12-14-25(23)24)19-9-5-2-6-10-19;1-5-6-7-11-8-9-12(10-11)13(2,3)4;1-2-8-6-4-3-5-7-8;;;/h1-15H,17H2;8-10H,5-7H2,1-4H3;3-7H,1H3;2*1H;/q2*-1;;;;+2/p-2. The van der Waals surface area contributed by atoms with E-state index in [4.69, 9.17) is 0 Å². The molecule has 0 aromatic heterocycles. The summed E-state index contributed by atoms with van der Waals surface area (Å²) in [6.07, 6.45) is 4.81. The van der Waals surface area contributed by atoms with E-state index in [1.807, 2.05) is 6.07 Å². The van der Waals surface area contributed by atoms with Crippen LogP contribution in [0.25, 0.3) is 33.4 Å². The summed E-state index contributed by atoms with van der Waals surface area (Å²) in [5, 5.41) is 0. The van der Waals surface area contributed by atoms with Gasteiger partial charge in [0.25, 0.3) is 0 Å². The first-order valence-corrected chi connectivity index (χ1v) is 18.1. The summed E-state index contributed by atoms with van der Waals surface area (Å²) in [6.45, 7) is 11.2.